The fourth-order valence-electron chi connectivity index (χ4n) is 6.84. The largest absolute Gasteiger partial charge is 0.493 e. The summed E-state index contributed by atoms with van der Waals surface area (Å²) in [5, 5.41) is 8.23. The maximum atomic E-state index is 11.9. The highest BCUT2D eigenvalue weighted by atomic mass is 32.2. The Kier molecular flexibility index (Phi) is 14.8. The first-order valence-corrected chi connectivity index (χ1v) is 20.1. The Balaban J connectivity index is 0.000000313. The van der Waals surface area contributed by atoms with E-state index in [0.29, 0.717) is 11.8 Å². The lowest BCUT2D eigenvalue weighted by Gasteiger charge is -2.48. The van der Waals surface area contributed by atoms with Gasteiger partial charge in [-0.3, -0.25) is 18.8 Å². The van der Waals surface area contributed by atoms with Gasteiger partial charge in [-0.2, -0.15) is 16.8 Å². The number of carbonyl (C=O) groups is 1. The summed E-state index contributed by atoms with van der Waals surface area (Å²) >= 11 is 0. The van der Waals surface area contributed by atoms with E-state index in [0.717, 1.165) is 60.5 Å². The van der Waals surface area contributed by atoms with Crippen LogP contribution in [-0.2, 0) is 31.5 Å². The smallest absolute Gasteiger partial charge is 0.320 e. The number of hydrogen-bond acceptors (Lipinski definition) is 9. The van der Waals surface area contributed by atoms with Gasteiger partial charge in [0, 0.05) is 19.1 Å². The van der Waals surface area contributed by atoms with Crippen LogP contribution in [-0.4, -0.2) is 75.3 Å². The van der Waals surface area contributed by atoms with E-state index < -0.39 is 32.2 Å². The lowest BCUT2D eigenvalue weighted by Crippen LogP contribution is -2.45. The van der Waals surface area contributed by atoms with Gasteiger partial charge in [0.2, 0.25) is 0 Å². The summed E-state index contributed by atoms with van der Waals surface area (Å²) < 4.78 is 74.1. The minimum absolute atomic E-state index is 0.0208. The Morgan fingerprint density at radius 2 is 1.42 bits per heavy atom. The van der Waals surface area contributed by atoms with Gasteiger partial charge in [0.1, 0.15) is 6.04 Å². The van der Waals surface area contributed by atoms with E-state index in [1.165, 1.54) is 29.3 Å². The number of carboxylic acids is 1. The second-order valence-electron chi connectivity index (χ2n) is 14.3. The highest BCUT2D eigenvalue weighted by molar-refractivity contribution is 7.86. The standard InChI is InChI=1S/C26H35NO5S.C7H8O3S.C5H11NO2/c1-16(2)10-19-15-27-9-8-18-11-25(31-4)26(32-5)14-23(18)24(27)13-22(19)21-12-20(33(28,29)30)7-6-17(21)3;1-6-2-4-7(5-3-6)11(8,9)10;1-3(2)4(6)5(7)8/h6-7,11-12,14,16,19,22,24H,8-10,13,15H2,1-5H3,(H,28,29,30);2-5H,1H3,(H,8,9,10);3-4H,6H2,1-2H3,(H,7,8)/t19-,22+,24+;;/m0../s1. The Hall–Kier alpha value is -3.53. The molecule has 2 heterocycles. The Labute approximate surface area is 308 Å². The number of carboxylic acid groups (broad SMARTS) is 1. The second-order valence-corrected chi connectivity index (χ2v) is 17.1. The lowest BCUT2D eigenvalue weighted by atomic mass is 9.70. The third-order valence-electron chi connectivity index (χ3n) is 9.67. The quantitative estimate of drug-likeness (QED) is 0.178. The van der Waals surface area contributed by atoms with Crippen LogP contribution in [0.4, 0.5) is 0 Å². The zero-order valence-electron chi connectivity index (χ0n) is 31.2. The summed E-state index contributed by atoms with van der Waals surface area (Å²) in [7, 11) is -4.94. The van der Waals surface area contributed by atoms with Gasteiger partial charge in [-0.1, -0.05) is 51.5 Å². The van der Waals surface area contributed by atoms with Crippen LogP contribution in [0.1, 0.15) is 80.3 Å². The van der Waals surface area contributed by atoms with E-state index in [1.807, 2.05) is 19.9 Å². The number of hydrogen-bond donors (Lipinski definition) is 4. The highest BCUT2D eigenvalue weighted by Gasteiger charge is 2.40. The fourth-order valence-corrected chi connectivity index (χ4v) is 7.83. The van der Waals surface area contributed by atoms with Crippen molar-refractivity contribution in [2.24, 2.45) is 23.5 Å². The summed E-state index contributed by atoms with van der Waals surface area (Å²) in [5.41, 5.74) is 10.8. The van der Waals surface area contributed by atoms with Crippen molar-refractivity contribution in [1.82, 2.24) is 4.90 Å². The van der Waals surface area contributed by atoms with Gasteiger partial charge < -0.3 is 20.3 Å². The number of piperidine rings is 1. The topological polar surface area (TPSA) is 194 Å². The molecular formula is C38H54N2O10S2. The van der Waals surface area contributed by atoms with Crippen LogP contribution in [0.2, 0.25) is 0 Å². The van der Waals surface area contributed by atoms with Crippen molar-refractivity contribution in [3.05, 3.63) is 82.4 Å². The van der Waals surface area contributed by atoms with Gasteiger partial charge in [0.15, 0.2) is 11.5 Å². The van der Waals surface area contributed by atoms with Crippen LogP contribution in [0.5, 0.6) is 11.5 Å². The number of nitrogens with two attached hydrogens (primary N) is 1. The first kappa shape index (κ1) is 42.9. The average Bonchev–Trinajstić information content (AvgIpc) is 3.06. The van der Waals surface area contributed by atoms with Crippen molar-refractivity contribution >= 4 is 26.2 Å². The molecule has 0 amide bonds. The average molecular weight is 763 g/mol. The van der Waals surface area contributed by atoms with Crippen molar-refractivity contribution in [3.63, 3.8) is 0 Å². The molecule has 5 N–H and O–H groups in total. The van der Waals surface area contributed by atoms with E-state index >= 15 is 0 Å². The molecule has 3 aromatic carbocycles. The van der Waals surface area contributed by atoms with E-state index in [2.05, 4.69) is 30.9 Å². The molecule has 1 unspecified atom stereocenters. The number of benzene rings is 3. The molecule has 52 heavy (non-hydrogen) atoms. The predicted molar refractivity (Wildman–Crippen MR) is 200 cm³/mol. The van der Waals surface area contributed by atoms with Crippen LogP contribution in [0.3, 0.4) is 0 Å². The number of aliphatic carboxylic acids is 1. The van der Waals surface area contributed by atoms with Gasteiger partial charge in [0.25, 0.3) is 20.2 Å². The van der Waals surface area contributed by atoms with Crippen molar-refractivity contribution in [1.29, 1.82) is 0 Å². The van der Waals surface area contributed by atoms with E-state index in [4.69, 9.17) is 24.9 Å². The second kappa shape index (κ2) is 18.0. The fraction of sp³-hybridized carbons (Fsp3) is 0.500. The Bertz CT molecular complexity index is 1900. The number of rotatable bonds is 9. The maximum absolute atomic E-state index is 11.9. The minimum Gasteiger partial charge on any atom is -0.493 e. The summed E-state index contributed by atoms with van der Waals surface area (Å²) in [6.07, 6.45) is 2.94. The normalized spacial score (nSPS) is 19.3. The zero-order valence-corrected chi connectivity index (χ0v) is 32.9. The predicted octanol–water partition coefficient (Wildman–Crippen LogP) is 6.30. The molecule has 3 aromatic rings. The lowest BCUT2D eigenvalue weighted by molar-refractivity contribution is -0.139. The van der Waals surface area contributed by atoms with Crippen molar-refractivity contribution in [2.45, 2.75) is 88.6 Å². The minimum atomic E-state index is -4.25. The van der Waals surface area contributed by atoms with Gasteiger partial charge in [-0.05, 0) is 115 Å². The molecule has 0 saturated carbocycles. The van der Waals surface area contributed by atoms with Crippen LogP contribution in [0.25, 0.3) is 0 Å². The molecule has 0 spiro atoms. The number of aryl methyl sites for hydroxylation is 2. The summed E-state index contributed by atoms with van der Waals surface area (Å²) in [6, 6.07) is 14.7. The van der Waals surface area contributed by atoms with E-state index in [1.54, 1.807) is 46.3 Å². The molecule has 2 aliphatic heterocycles. The van der Waals surface area contributed by atoms with Crippen molar-refractivity contribution in [2.75, 3.05) is 27.3 Å². The zero-order chi connectivity index (χ0) is 39.1. The molecule has 5 rings (SSSR count). The molecule has 0 aromatic heterocycles. The SMILES string of the molecule is CC(C)C(N)C(=O)O.COc1cc2c(cc1OC)[C@H]1C[C@@H](c3cc(S(=O)(=O)O)ccc3C)[C@@H](CC(C)C)CN1CC2.Cc1ccc(S(=O)(=O)O)cc1. The summed E-state index contributed by atoms with van der Waals surface area (Å²) in [4.78, 5) is 12.5. The van der Waals surface area contributed by atoms with Crippen LogP contribution < -0.4 is 15.2 Å². The molecule has 4 atom stereocenters. The molecule has 0 aliphatic carbocycles. The van der Waals surface area contributed by atoms with E-state index in [9.17, 15) is 26.2 Å². The van der Waals surface area contributed by atoms with Crippen molar-refractivity contribution < 1.29 is 45.3 Å². The Morgan fingerprint density at radius 3 is 1.90 bits per heavy atom. The number of ether oxygens (including phenoxy) is 2. The van der Waals surface area contributed by atoms with Gasteiger partial charge in [-0.25, -0.2) is 0 Å². The van der Waals surface area contributed by atoms with Gasteiger partial charge in [-0.15, -0.1) is 0 Å². The first-order chi connectivity index (χ1) is 24.2. The molecular weight excluding hydrogens is 709 g/mol. The summed E-state index contributed by atoms with van der Waals surface area (Å²) in [5.74, 6) is 1.75. The Morgan fingerprint density at radius 1 is 0.865 bits per heavy atom. The molecule has 12 nitrogen and oxygen atoms in total. The van der Waals surface area contributed by atoms with Crippen molar-refractivity contribution in [3.8, 4) is 11.5 Å². The highest BCUT2D eigenvalue weighted by Crippen LogP contribution is 2.49. The molecule has 1 fully saturated rings. The van der Waals surface area contributed by atoms with Gasteiger partial charge in [0.05, 0.1) is 24.0 Å². The third-order valence-corrected chi connectivity index (χ3v) is 11.4. The molecule has 0 radical (unpaired) electrons. The van der Waals surface area contributed by atoms with Crippen LogP contribution >= 0.6 is 0 Å². The number of nitrogens with zero attached hydrogens (tertiary/aromatic N) is 1. The maximum Gasteiger partial charge on any atom is 0.320 e. The van der Waals surface area contributed by atoms with E-state index in [-0.39, 0.29) is 27.7 Å². The first-order valence-electron chi connectivity index (χ1n) is 17.3. The van der Waals surface area contributed by atoms with Gasteiger partial charge >= 0.3 is 5.97 Å². The van der Waals surface area contributed by atoms with Crippen LogP contribution in [0, 0.1) is 31.6 Å². The monoisotopic (exact) mass is 762 g/mol. The number of methoxy groups -OCH3 is 2. The molecule has 2 aliphatic rings. The molecule has 14 heteroatoms. The molecule has 288 valence electrons. The molecule has 0 bridgehead atoms. The van der Waals surface area contributed by atoms with Crippen LogP contribution in [0.15, 0.2) is 64.4 Å². The number of fused-ring (bicyclic) bond motifs is 3. The summed E-state index contributed by atoms with van der Waals surface area (Å²) in [6.45, 7) is 13.9. The molecule has 1 saturated heterocycles. The third kappa shape index (κ3) is 11.2.